The molecule has 0 aliphatic rings. The lowest BCUT2D eigenvalue weighted by molar-refractivity contribution is -0.154. The Morgan fingerprint density at radius 1 is 1.00 bits per heavy atom. The van der Waals surface area contributed by atoms with Gasteiger partial charge in [0.25, 0.3) is 0 Å². The summed E-state index contributed by atoms with van der Waals surface area (Å²) in [6.45, 7) is 16.9. The number of hydrogen-bond donors (Lipinski definition) is 0. The van der Waals surface area contributed by atoms with Crippen LogP contribution in [0.4, 0.5) is 0 Å². The molecule has 0 radical (unpaired) electrons. The Balaban J connectivity index is 0. The predicted octanol–water partition coefficient (Wildman–Crippen LogP) is 3.49. The Hall–Kier alpha value is -1.10. The van der Waals surface area contributed by atoms with E-state index in [9.17, 15) is 9.59 Å². The van der Waals surface area contributed by atoms with E-state index >= 15 is 0 Å². The molecule has 0 saturated heterocycles. The molecule has 0 heterocycles. The molecule has 1 unspecified atom stereocenters. The Bertz CT molecular complexity index is 310. The average molecular weight is 304 g/mol. The van der Waals surface area contributed by atoms with E-state index in [0.29, 0.717) is 13.0 Å². The lowest BCUT2D eigenvalue weighted by Gasteiger charge is -2.22. The van der Waals surface area contributed by atoms with Crippen molar-refractivity contribution in [3.05, 3.63) is 0 Å². The van der Waals surface area contributed by atoms with Crippen LogP contribution in [0, 0.1) is 0 Å². The minimum atomic E-state index is -0.326. The molecular weight excluding hydrogens is 272 g/mol. The van der Waals surface area contributed by atoms with Gasteiger partial charge in [-0.1, -0.05) is 6.92 Å². The van der Waals surface area contributed by atoms with Crippen molar-refractivity contribution in [3.63, 3.8) is 0 Å². The molecule has 0 aromatic heterocycles. The second kappa shape index (κ2) is 9.77. The van der Waals surface area contributed by atoms with Crippen molar-refractivity contribution in [2.24, 2.45) is 0 Å². The molecule has 0 aliphatic heterocycles. The van der Waals surface area contributed by atoms with Crippen LogP contribution in [-0.4, -0.2) is 35.9 Å². The highest BCUT2D eigenvalue weighted by atomic mass is 16.6. The molecule has 0 spiro atoms. The minimum Gasteiger partial charge on any atom is -0.460 e. The van der Waals surface area contributed by atoms with E-state index in [0.717, 1.165) is 0 Å². The zero-order valence-corrected chi connectivity index (χ0v) is 15.0. The van der Waals surface area contributed by atoms with E-state index in [1.54, 1.807) is 6.92 Å². The molecule has 0 aromatic rings. The number of rotatable bonds is 4. The van der Waals surface area contributed by atoms with Gasteiger partial charge in [0.05, 0.1) is 12.2 Å². The first kappa shape index (κ1) is 22.2. The fourth-order valence-corrected chi connectivity index (χ4v) is 1.10. The molecule has 0 bridgehead atoms. The van der Waals surface area contributed by atoms with Crippen molar-refractivity contribution in [3.8, 4) is 0 Å². The quantitative estimate of drug-likeness (QED) is 0.744. The number of ether oxygens (including phenoxy) is 3. The Labute approximate surface area is 129 Å². The molecule has 5 nitrogen and oxygen atoms in total. The molecule has 21 heavy (non-hydrogen) atoms. The van der Waals surface area contributed by atoms with Gasteiger partial charge in [0.1, 0.15) is 11.7 Å². The standard InChI is InChI=1S/C9H18O3.C7H14O2/c1-7(12-8(2)10)6-11-9(3,4)5;1-5-6(8)9-7(2,3)4/h7H,6H2,1-5H3;5H2,1-4H3. The molecule has 0 N–H and O–H groups in total. The van der Waals surface area contributed by atoms with Gasteiger partial charge in [-0.05, 0) is 48.5 Å². The summed E-state index contributed by atoms with van der Waals surface area (Å²) in [6.07, 6.45) is 0.291. The zero-order valence-electron chi connectivity index (χ0n) is 15.0. The third-order valence-corrected chi connectivity index (χ3v) is 1.83. The van der Waals surface area contributed by atoms with Gasteiger partial charge in [-0.3, -0.25) is 9.59 Å². The lowest BCUT2D eigenvalue weighted by atomic mass is 10.2. The molecule has 5 heteroatoms. The molecule has 0 rings (SSSR count). The summed E-state index contributed by atoms with van der Waals surface area (Å²) in [7, 11) is 0. The van der Waals surface area contributed by atoms with Crippen LogP contribution in [0.5, 0.6) is 0 Å². The minimum absolute atomic E-state index is 0.137. The van der Waals surface area contributed by atoms with Crippen LogP contribution in [0.2, 0.25) is 0 Å². The van der Waals surface area contributed by atoms with Crippen LogP contribution in [0.3, 0.4) is 0 Å². The molecule has 0 amide bonds. The van der Waals surface area contributed by atoms with Crippen molar-refractivity contribution in [1.29, 1.82) is 0 Å². The highest BCUT2D eigenvalue weighted by molar-refractivity contribution is 5.69. The van der Waals surface area contributed by atoms with Crippen molar-refractivity contribution < 1.29 is 23.8 Å². The van der Waals surface area contributed by atoms with Gasteiger partial charge in [0, 0.05) is 13.3 Å². The van der Waals surface area contributed by atoms with E-state index in [4.69, 9.17) is 14.2 Å². The third-order valence-electron chi connectivity index (χ3n) is 1.83. The van der Waals surface area contributed by atoms with E-state index < -0.39 is 0 Å². The monoisotopic (exact) mass is 304 g/mol. The van der Waals surface area contributed by atoms with Crippen molar-refractivity contribution in [1.82, 2.24) is 0 Å². The van der Waals surface area contributed by atoms with Gasteiger partial charge in [-0.15, -0.1) is 0 Å². The molecular formula is C16H32O5. The first-order valence-electron chi connectivity index (χ1n) is 7.30. The topological polar surface area (TPSA) is 61.8 Å². The molecule has 126 valence electrons. The average Bonchev–Trinajstić information content (AvgIpc) is 2.23. The summed E-state index contributed by atoms with van der Waals surface area (Å²) in [5.74, 6) is -0.400. The summed E-state index contributed by atoms with van der Waals surface area (Å²) in [5, 5.41) is 0. The fourth-order valence-electron chi connectivity index (χ4n) is 1.10. The summed E-state index contributed by atoms with van der Waals surface area (Å²) in [4.78, 5) is 21.1. The highest BCUT2D eigenvalue weighted by Gasteiger charge is 2.14. The SMILES string of the molecule is CC(=O)OC(C)COC(C)(C)C.CCC(=O)OC(C)(C)C. The lowest BCUT2D eigenvalue weighted by Crippen LogP contribution is -2.27. The summed E-state index contributed by atoms with van der Waals surface area (Å²) < 4.78 is 15.2. The Morgan fingerprint density at radius 3 is 1.71 bits per heavy atom. The maximum atomic E-state index is 10.6. The van der Waals surface area contributed by atoms with Gasteiger partial charge < -0.3 is 14.2 Å². The molecule has 1 atom stereocenters. The normalized spacial score (nSPS) is 12.8. The van der Waals surface area contributed by atoms with Crippen molar-refractivity contribution in [2.45, 2.75) is 86.0 Å². The Kier molecular flexibility index (Phi) is 10.3. The zero-order chi connectivity index (χ0) is 17.3. The highest BCUT2D eigenvalue weighted by Crippen LogP contribution is 2.08. The van der Waals surface area contributed by atoms with Gasteiger partial charge in [-0.2, -0.15) is 0 Å². The maximum absolute atomic E-state index is 10.6. The first-order chi connectivity index (χ1) is 9.26. The number of hydrogen-bond acceptors (Lipinski definition) is 5. The van der Waals surface area contributed by atoms with Crippen LogP contribution in [0.1, 0.15) is 68.7 Å². The van der Waals surface area contributed by atoms with Crippen LogP contribution in [-0.2, 0) is 23.8 Å². The molecule has 0 saturated carbocycles. The smallest absolute Gasteiger partial charge is 0.306 e. The van der Waals surface area contributed by atoms with Crippen molar-refractivity contribution in [2.75, 3.05) is 6.61 Å². The number of esters is 2. The van der Waals surface area contributed by atoms with Gasteiger partial charge in [0.2, 0.25) is 0 Å². The van der Waals surface area contributed by atoms with Gasteiger partial charge in [-0.25, -0.2) is 0 Å². The number of carbonyl (C=O) groups is 2. The van der Waals surface area contributed by atoms with Crippen molar-refractivity contribution >= 4 is 11.9 Å². The van der Waals surface area contributed by atoms with E-state index in [-0.39, 0.29) is 29.2 Å². The van der Waals surface area contributed by atoms with E-state index in [1.165, 1.54) is 6.92 Å². The fraction of sp³-hybridized carbons (Fsp3) is 0.875. The van der Waals surface area contributed by atoms with Crippen LogP contribution in [0.25, 0.3) is 0 Å². The maximum Gasteiger partial charge on any atom is 0.306 e. The van der Waals surface area contributed by atoms with Crippen LogP contribution >= 0.6 is 0 Å². The summed E-state index contributed by atoms with van der Waals surface area (Å²) in [6, 6.07) is 0. The molecule has 0 fully saturated rings. The molecule has 0 aliphatic carbocycles. The molecule has 0 aromatic carbocycles. The van der Waals surface area contributed by atoms with E-state index in [2.05, 4.69) is 0 Å². The summed E-state index contributed by atoms with van der Waals surface area (Å²) in [5.41, 5.74) is -0.499. The Morgan fingerprint density at radius 2 is 1.48 bits per heavy atom. The predicted molar refractivity (Wildman–Crippen MR) is 83.1 cm³/mol. The van der Waals surface area contributed by atoms with E-state index in [1.807, 2.05) is 48.5 Å². The first-order valence-corrected chi connectivity index (χ1v) is 7.30. The number of carbonyl (C=O) groups excluding carboxylic acids is 2. The second-order valence-corrected chi connectivity index (χ2v) is 6.78. The second-order valence-electron chi connectivity index (χ2n) is 6.78. The third kappa shape index (κ3) is 21.4. The largest absolute Gasteiger partial charge is 0.460 e. The van der Waals surface area contributed by atoms with Crippen LogP contribution in [0.15, 0.2) is 0 Å². The van der Waals surface area contributed by atoms with Crippen LogP contribution < -0.4 is 0 Å². The summed E-state index contributed by atoms with van der Waals surface area (Å²) >= 11 is 0. The van der Waals surface area contributed by atoms with Gasteiger partial charge in [0.15, 0.2) is 0 Å². The van der Waals surface area contributed by atoms with Gasteiger partial charge >= 0.3 is 11.9 Å².